The van der Waals surface area contributed by atoms with Crippen molar-refractivity contribution in [3.05, 3.63) is 29.3 Å². The molecule has 0 saturated carbocycles. The van der Waals surface area contributed by atoms with Crippen LogP contribution in [0.5, 0.6) is 5.75 Å². The van der Waals surface area contributed by atoms with E-state index in [0.29, 0.717) is 5.75 Å². The molecule has 5 heteroatoms. The van der Waals surface area contributed by atoms with Gasteiger partial charge in [-0.25, -0.2) is 0 Å². The summed E-state index contributed by atoms with van der Waals surface area (Å²) in [5.74, 6) is 0.675. The Kier molecular flexibility index (Phi) is 9.48. The maximum absolute atomic E-state index is 13.7. The number of rotatable bonds is 2. The van der Waals surface area contributed by atoms with Crippen LogP contribution in [0.3, 0.4) is 0 Å². The second kappa shape index (κ2) is 8.41. The monoisotopic (exact) mass is 344 g/mol. The molecule has 0 aliphatic rings. The Balaban J connectivity index is 0. The largest absolute Gasteiger partial charge is 0.147 e. The number of hydrogen-bond donors (Lipinski definition) is 0. The zero-order valence-corrected chi connectivity index (χ0v) is 15.5. The van der Waals surface area contributed by atoms with Gasteiger partial charge < -0.3 is 0 Å². The van der Waals surface area contributed by atoms with Crippen molar-refractivity contribution in [1.82, 2.24) is 0 Å². The van der Waals surface area contributed by atoms with Crippen molar-refractivity contribution in [2.24, 2.45) is 0 Å². The average Bonchev–Trinajstić information content (AvgIpc) is 2.15. The molecule has 0 unspecified atom stereocenters. The summed E-state index contributed by atoms with van der Waals surface area (Å²) in [7, 11) is 0. The van der Waals surface area contributed by atoms with Crippen molar-refractivity contribution in [2.45, 2.75) is 47.0 Å². The molecule has 0 N–H and O–H groups in total. The van der Waals surface area contributed by atoms with Gasteiger partial charge >= 0.3 is 111 Å². The fourth-order valence-electron chi connectivity index (χ4n) is 1.45. The van der Waals surface area contributed by atoms with E-state index in [0.717, 1.165) is 9.37 Å². The van der Waals surface area contributed by atoms with Crippen LogP contribution in [0.15, 0.2) is 18.2 Å². The summed E-state index contributed by atoms with van der Waals surface area (Å²) in [4.78, 5) is 0. The number of hydrogen-bond acceptors (Lipinski definition) is 1. The molecule has 19 heavy (non-hydrogen) atoms. The first-order valence-corrected chi connectivity index (χ1v) is 7.84. The standard InChI is InChI=1S/C11H16O.C3H6.2ClH.FH.Ti/c1-8-5-9(11(2,3)4)7-10(12)6-8;1-3-2;;;;/h5-7,12H,1-4H3;1-2H3;3*1H;/q;;;;;+2/p-2. The van der Waals surface area contributed by atoms with E-state index in [1.165, 1.54) is 5.56 Å². The molecule has 0 fully saturated rings. The predicted octanol–water partition coefficient (Wildman–Crippen LogP) is 5.14. The molecule has 0 aliphatic carbocycles. The smallest absolute Gasteiger partial charge is 0.147 e. The fraction of sp³-hybridized carbons (Fsp3) is 0.500. The van der Waals surface area contributed by atoms with Crippen LogP contribution in [-0.4, -0.2) is 3.81 Å². The first-order chi connectivity index (χ1) is 7.70. The van der Waals surface area contributed by atoms with Gasteiger partial charge in [0.05, 0.1) is 0 Å². The normalized spacial score (nSPS) is 10.1. The van der Waals surface area contributed by atoms with Crippen molar-refractivity contribution in [3.8, 4) is 5.75 Å². The van der Waals surface area contributed by atoms with Gasteiger partial charge in [-0.15, -0.1) is 24.8 Å². The summed E-state index contributed by atoms with van der Waals surface area (Å²) >= 11 is -2.95. The zero-order valence-electron chi connectivity index (χ0n) is 12.3. The molecule has 0 aromatic heterocycles. The molecule has 1 nitrogen and oxygen atoms in total. The van der Waals surface area contributed by atoms with Crippen molar-refractivity contribution in [2.75, 3.05) is 0 Å². The van der Waals surface area contributed by atoms with Crippen LogP contribution >= 0.6 is 24.8 Å². The van der Waals surface area contributed by atoms with Crippen LogP contribution in [0.2, 0.25) is 0 Å². The maximum Gasteiger partial charge on any atom is -0.147 e. The molecule has 0 saturated heterocycles. The summed E-state index contributed by atoms with van der Waals surface area (Å²) < 4.78 is 19.9. The van der Waals surface area contributed by atoms with Crippen molar-refractivity contribution in [3.63, 3.8) is 0 Å². The van der Waals surface area contributed by atoms with Gasteiger partial charge in [0.25, 0.3) is 0 Å². The summed E-state index contributed by atoms with van der Waals surface area (Å²) in [6.45, 7) is 12.1. The van der Waals surface area contributed by atoms with E-state index in [-0.39, 0.29) is 30.2 Å². The average molecular weight is 345 g/mol. The van der Waals surface area contributed by atoms with Gasteiger partial charge in [-0.2, -0.15) is 0 Å². The molecule has 0 heterocycles. The molecule has 0 atom stereocenters. The predicted molar refractivity (Wildman–Crippen MR) is 82.5 cm³/mol. The summed E-state index contributed by atoms with van der Waals surface area (Å²) in [5.41, 5.74) is 2.37. The van der Waals surface area contributed by atoms with Crippen LogP contribution in [0.25, 0.3) is 0 Å². The van der Waals surface area contributed by atoms with E-state index in [4.69, 9.17) is 3.32 Å². The van der Waals surface area contributed by atoms with Crippen LogP contribution in [-0.2, 0) is 23.7 Å². The minimum absolute atomic E-state index is 0. The Morgan fingerprint density at radius 1 is 1.11 bits per heavy atom. The zero-order chi connectivity index (χ0) is 13.2. The van der Waals surface area contributed by atoms with Gasteiger partial charge in [0, 0.05) is 0 Å². The first-order valence-electron chi connectivity index (χ1n) is 5.83. The van der Waals surface area contributed by atoms with Crippen molar-refractivity contribution in [1.29, 1.82) is 0 Å². The molecular weight excluding hydrogens is 322 g/mol. The molecule has 0 aliphatic heterocycles. The summed E-state index contributed by atoms with van der Waals surface area (Å²) in [6, 6.07) is 6.00. The molecule has 0 spiro atoms. The Hall–Kier alpha value is 0.114. The molecular formula is C14H23Cl2FOTi. The minimum Gasteiger partial charge on any atom is -0.147 e. The number of aryl methyl sites for hydroxylation is 1. The SMILES string of the molecule is C[C](C)=[Ti]([F])[O]c1cc(C)cc(C(C)(C)C)c1.Cl.Cl. The van der Waals surface area contributed by atoms with E-state index < -0.39 is 18.3 Å². The van der Waals surface area contributed by atoms with E-state index in [2.05, 4.69) is 26.8 Å². The van der Waals surface area contributed by atoms with E-state index in [9.17, 15) is 3.09 Å². The van der Waals surface area contributed by atoms with Gasteiger partial charge in [0.15, 0.2) is 0 Å². The molecule has 0 amide bonds. The van der Waals surface area contributed by atoms with E-state index in [1.54, 1.807) is 13.8 Å². The topological polar surface area (TPSA) is 9.23 Å². The third kappa shape index (κ3) is 6.90. The van der Waals surface area contributed by atoms with Gasteiger partial charge in [-0.05, 0) is 0 Å². The Morgan fingerprint density at radius 2 is 1.63 bits per heavy atom. The second-order valence-corrected chi connectivity index (χ2v) is 8.40. The van der Waals surface area contributed by atoms with Crippen LogP contribution in [0.4, 0.5) is 3.09 Å². The summed E-state index contributed by atoms with van der Waals surface area (Å²) in [6.07, 6.45) is 0. The molecule has 110 valence electrons. The third-order valence-electron chi connectivity index (χ3n) is 2.52. The Bertz CT molecular complexity index is 449. The molecule has 1 aromatic carbocycles. The molecule has 1 aromatic rings. The third-order valence-corrected chi connectivity index (χ3v) is 4.39. The van der Waals surface area contributed by atoms with Gasteiger partial charge in [-0.3, -0.25) is 0 Å². The Labute approximate surface area is 135 Å². The summed E-state index contributed by atoms with van der Waals surface area (Å²) in [5, 5.41) is 0. The van der Waals surface area contributed by atoms with Crippen LogP contribution < -0.4 is 3.32 Å². The fourth-order valence-corrected chi connectivity index (χ4v) is 2.27. The second-order valence-electron chi connectivity index (χ2n) is 5.66. The molecule has 0 bridgehead atoms. The van der Waals surface area contributed by atoms with Gasteiger partial charge in [-0.1, -0.05) is 0 Å². The van der Waals surface area contributed by atoms with E-state index in [1.807, 2.05) is 19.1 Å². The minimum atomic E-state index is -2.95. The number of halogens is 3. The van der Waals surface area contributed by atoms with Gasteiger partial charge in [0.2, 0.25) is 0 Å². The number of benzene rings is 1. The van der Waals surface area contributed by atoms with Crippen molar-refractivity contribution >= 4 is 28.6 Å². The van der Waals surface area contributed by atoms with E-state index >= 15 is 0 Å². The molecule has 0 radical (unpaired) electrons. The maximum atomic E-state index is 13.7. The Morgan fingerprint density at radius 3 is 2.05 bits per heavy atom. The van der Waals surface area contributed by atoms with Gasteiger partial charge in [0.1, 0.15) is 0 Å². The van der Waals surface area contributed by atoms with Crippen LogP contribution in [0.1, 0.15) is 45.7 Å². The quantitative estimate of drug-likeness (QED) is 0.674. The first kappa shape index (κ1) is 21.4. The molecule has 1 rings (SSSR count). The van der Waals surface area contributed by atoms with Crippen LogP contribution in [0, 0.1) is 6.92 Å². The van der Waals surface area contributed by atoms with Crippen molar-refractivity contribution < 1.29 is 24.7 Å².